The quantitative estimate of drug-likeness (QED) is 0.858. The van der Waals surface area contributed by atoms with Gasteiger partial charge in [-0.1, -0.05) is 12.1 Å². The Balaban J connectivity index is 1.69. The third kappa shape index (κ3) is 2.46. The van der Waals surface area contributed by atoms with Crippen LogP contribution in [0.3, 0.4) is 0 Å². The molecule has 20 heavy (non-hydrogen) atoms. The summed E-state index contributed by atoms with van der Waals surface area (Å²) >= 11 is 0. The van der Waals surface area contributed by atoms with Gasteiger partial charge in [-0.3, -0.25) is 4.79 Å². The zero-order chi connectivity index (χ0) is 13.9. The number of hydrogen-bond donors (Lipinski definition) is 2. The fraction of sp³-hybridized carbons (Fsp3) is 0.250. The molecule has 104 valence electrons. The maximum Gasteiger partial charge on any atom is 0.281 e. The number of nitrogen functional groups attached to an aromatic ring is 1. The SMILES string of the molecule is Nc1nonc1C(=O)Nc1ccc(C2OCCO2)cc1. The van der Waals surface area contributed by atoms with Crippen LogP contribution in [-0.2, 0) is 9.47 Å². The first-order valence-corrected chi connectivity index (χ1v) is 5.96. The number of carbonyl (C=O) groups is 1. The van der Waals surface area contributed by atoms with Gasteiger partial charge in [-0.25, -0.2) is 4.63 Å². The molecule has 0 atom stereocenters. The lowest BCUT2D eigenvalue weighted by Gasteiger charge is -2.10. The highest BCUT2D eigenvalue weighted by atomic mass is 16.7. The molecule has 1 saturated heterocycles. The molecule has 0 aliphatic carbocycles. The standard InChI is InChI=1S/C12H12N4O4/c13-10-9(15-20-16-10)11(17)14-8-3-1-7(2-4-8)12-18-5-6-19-12/h1-4,12H,5-6H2,(H2,13,16)(H,14,17). The van der Waals surface area contributed by atoms with Crippen molar-refractivity contribution in [2.75, 3.05) is 24.3 Å². The highest BCUT2D eigenvalue weighted by molar-refractivity contribution is 6.05. The second-order valence-electron chi connectivity index (χ2n) is 4.15. The molecule has 0 saturated carbocycles. The molecule has 0 unspecified atom stereocenters. The minimum Gasteiger partial charge on any atom is -0.379 e. The van der Waals surface area contributed by atoms with Crippen LogP contribution in [0.5, 0.6) is 0 Å². The summed E-state index contributed by atoms with van der Waals surface area (Å²) in [5.74, 6) is -0.531. The normalized spacial score (nSPS) is 15.4. The van der Waals surface area contributed by atoms with Gasteiger partial charge in [-0.05, 0) is 22.4 Å². The number of carbonyl (C=O) groups excluding carboxylic acids is 1. The van der Waals surface area contributed by atoms with E-state index < -0.39 is 5.91 Å². The Morgan fingerprint density at radius 2 is 1.90 bits per heavy atom. The minimum absolute atomic E-state index is 0.0449. The van der Waals surface area contributed by atoms with E-state index in [2.05, 4.69) is 20.3 Å². The number of ether oxygens (including phenoxy) is 2. The molecule has 1 fully saturated rings. The van der Waals surface area contributed by atoms with Crippen LogP contribution in [0.1, 0.15) is 22.3 Å². The molecule has 0 spiro atoms. The zero-order valence-electron chi connectivity index (χ0n) is 10.4. The maximum absolute atomic E-state index is 11.8. The summed E-state index contributed by atoms with van der Waals surface area (Å²) in [7, 11) is 0. The van der Waals surface area contributed by atoms with Crippen LogP contribution in [0, 0.1) is 0 Å². The first-order valence-electron chi connectivity index (χ1n) is 5.96. The first kappa shape index (κ1) is 12.6. The van der Waals surface area contributed by atoms with Crippen LogP contribution < -0.4 is 11.1 Å². The van der Waals surface area contributed by atoms with Gasteiger partial charge in [-0.2, -0.15) is 0 Å². The molecule has 1 aromatic carbocycles. The van der Waals surface area contributed by atoms with Crippen molar-refractivity contribution in [1.29, 1.82) is 0 Å². The molecule has 8 heteroatoms. The largest absolute Gasteiger partial charge is 0.379 e. The Kier molecular flexibility index (Phi) is 3.32. The van der Waals surface area contributed by atoms with Gasteiger partial charge in [0.05, 0.1) is 13.2 Å². The average Bonchev–Trinajstić information content (AvgIpc) is 3.10. The molecule has 2 heterocycles. The van der Waals surface area contributed by atoms with Crippen molar-refractivity contribution < 1.29 is 18.9 Å². The van der Waals surface area contributed by atoms with E-state index in [1.165, 1.54) is 0 Å². The molecule has 0 radical (unpaired) electrons. The van der Waals surface area contributed by atoms with Crippen LogP contribution in [0.4, 0.5) is 11.5 Å². The van der Waals surface area contributed by atoms with E-state index in [1.54, 1.807) is 12.1 Å². The molecule has 1 aromatic heterocycles. The van der Waals surface area contributed by atoms with E-state index in [9.17, 15) is 4.79 Å². The number of anilines is 2. The summed E-state index contributed by atoms with van der Waals surface area (Å²) in [6.45, 7) is 1.17. The summed E-state index contributed by atoms with van der Waals surface area (Å²) in [6, 6.07) is 7.11. The van der Waals surface area contributed by atoms with Gasteiger partial charge in [0.25, 0.3) is 5.91 Å². The fourth-order valence-electron chi connectivity index (χ4n) is 1.82. The Bertz CT molecular complexity index is 604. The van der Waals surface area contributed by atoms with Crippen LogP contribution in [0.15, 0.2) is 28.9 Å². The predicted octanol–water partition coefficient (Wildman–Crippen LogP) is 0.949. The molecular formula is C12H12N4O4. The van der Waals surface area contributed by atoms with Crippen molar-refractivity contribution in [2.24, 2.45) is 0 Å². The van der Waals surface area contributed by atoms with Crippen molar-refractivity contribution in [1.82, 2.24) is 10.3 Å². The fourth-order valence-corrected chi connectivity index (χ4v) is 1.82. The number of rotatable bonds is 3. The van der Waals surface area contributed by atoms with Gasteiger partial charge in [0.1, 0.15) is 0 Å². The van der Waals surface area contributed by atoms with Crippen molar-refractivity contribution in [3.05, 3.63) is 35.5 Å². The third-order valence-corrected chi connectivity index (χ3v) is 2.79. The second-order valence-corrected chi connectivity index (χ2v) is 4.15. The van der Waals surface area contributed by atoms with E-state index in [-0.39, 0.29) is 17.8 Å². The van der Waals surface area contributed by atoms with Gasteiger partial charge < -0.3 is 20.5 Å². The van der Waals surface area contributed by atoms with Gasteiger partial charge in [0.15, 0.2) is 6.29 Å². The first-order chi connectivity index (χ1) is 9.74. The highest BCUT2D eigenvalue weighted by Gasteiger charge is 2.19. The molecule has 1 aliphatic heterocycles. The van der Waals surface area contributed by atoms with Gasteiger partial charge >= 0.3 is 0 Å². The number of nitrogens with two attached hydrogens (primary N) is 1. The van der Waals surface area contributed by atoms with E-state index in [1.807, 2.05) is 12.1 Å². The molecule has 0 bridgehead atoms. The number of aromatic nitrogens is 2. The van der Waals surface area contributed by atoms with Crippen LogP contribution in [-0.4, -0.2) is 29.4 Å². The predicted molar refractivity (Wildman–Crippen MR) is 67.8 cm³/mol. The molecular weight excluding hydrogens is 264 g/mol. The number of nitrogens with zero attached hydrogens (tertiary/aromatic N) is 2. The van der Waals surface area contributed by atoms with Crippen LogP contribution in [0.2, 0.25) is 0 Å². The topological polar surface area (TPSA) is 112 Å². The summed E-state index contributed by atoms with van der Waals surface area (Å²) < 4.78 is 15.1. The van der Waals surface area contributed by atoms with Crippen molar-refractivity contribution in [3.63, 3.8) is 0 Å². The summed E-state index contributed by atoms with van der Waals surface area (Å²) in [5, 5.41) is 9.41. The van der Waals surface area contributed by atoms with Crippen LogP contribution in [0.25, 0.3) is 0 Å². The molecule has 1 aliphatic rings. The number of amides is 1. The second kappa shape index (κ2) is 5.27. The summed E-state index contributed by atoms with van der Waals surface area (Å²) in [4.78, 5) is 11.8. The minimum atomic E-state index is -0.482. The molecule has 8 nitrogen and oxygen atoms in total. The van der Waals surface area contributed by atoms with E-state index in [4.69, 9.17) is 15.2 Å². The maximum atomic E-state index is 11.8. The Morgan fingerprint density at radius 3 is 2.50 bits per heavy atom. The molecule has 3 rings (SSSR count). The van der Waals surface area contributed by atoms with E-state index in [0.717, 1.165) is 5.56 Å². The monoisotopic (exact) mass is 276 g/mol. The van der Waals surface area contributed by atoms with Gasteiger partial charge in [0, 0.05) is 11.3 Å². The zero-order valence-corrected chi connectivity index (χ0v) is 10.4. The van der Waals surface area contributed by atoms with E-state index in [0.29, 0.717) is 18.9 Å². The third-order valence-electron chi connectivity index (χ3n) is 2.79. The van der Waals surface area contributed by atoms with Gasteiger partial charge in [0.2, 0.25) is 11.5 Å². The molecule has 1 amide bonds. The lowest BCUT2D eigenvalue weighted by atomic mass is 10.2. The van der Waals surface area contributed by atoms with Crippen molar-refractivity contribution >= 4 is 17.4 Å². The van der Waals surface area contributed by atoms with Gasteiger partial charge in [-0.15, -0.1) is 0 Å². The van der Waals surface area contributed by atoms with E-state index >= 15 is 0 Å². The lowest BCUT2D eigenvalue weighted by Crippen LogP contribution is -2.14. The smallest absolute Gasteiger partial charge is 0.281 e. The Labute approximate surface area is 113 Å². The van der Waals surface area contributed by atoms with Crippen molar-refractivity contribution in [2.45, 2.75) is 6.29 Å². The summed E-state index contributed by atoms with van der Waals surface area (Å²) in [6.07, 6.45) is -0.338. The average molecular weight is 276 g/mol. The Hall–Kier alpha value is -2.45. The summed E-state index contributed by atoms with van der Waals surface area (Å²) in [5.41, 5.74) is 6.88. The highest BCUT2D eigenvalue weighted by Crippen LogP contribution is 2.24. The van der Waals surface area contributed by atoms with Crippen molar-refractivity contribution in [3.8, 4) is 0 Å². The number of nitrogens with one attached hydrogen (secondary N) is 1. The number of hydrogen-bond acceptors (Lipinski definition) is 7. The lowest BCUT2D eigenvalue weighted by molar-refractivity contribution is -0.0441. The number of benzene rings is 1. The molecule has 3 N–H and O–H groups in total. The Morgan fingerprint density at radius 1 is 1.20 bits per heavy atom. The molecule has 2 aromatic rings. The van der Waals surface area contributed by atoms with Crippen LogP contribution >= 0.6 is 0 Å².